The van der Waals surface area contributed by atoms with Crippen LogP contribution < -0.4 is 20.3 Å². The third-order valence-corrected chi connectivity index (χ3v) is 5.72. The summed E-state index contributed by atoms with van der Waals surface area (Å²) in [7, 11) is 0. The summed E-state index contributed by atoms with van der Waals surface area (Å²) in [5.41, 5.74) is 4.93. The Bertz CT molecular complexity index is 1470. The van der Waals surface area contributed by atoms with Gasteiger partial charge in [0.2, 0.25) is 0 Å². The molecule has 172 valence electrons. The summed E-state index contributed by atoms with van der Waals surface area (Å²) in [6.45, 7) is 6.69. The first-order chi connectivity index (χ1) is 16.4. The quantitative estimate of drug-likeness (QED) is 0.480. The number of hydrogen-bond donors (Lipinski definition) is 2. The van der Waals surface area contributed by atoms with Gasteiger partial charge < -0.3 is 24.3 Å². The van der Waals surface area contributed by atoms with Crippen molar-refractivity contribution in [2.75, 3.05) is 18.5 Å². The Kier molecular flexibility index (Phi) is 5.41. The van der Waals surface area contributed by atoms with Gasteiger partial charge in [-0.1, -0.05) is 12.1 Å². The molecule has 1 amide bonds. The van der Waals surface area contributed by atoms with Crippen LogP contribution in [-0.4, -0.2) is 33.7 Å². The molecule has 0 bridgehead atoms. The van der Waals surface area contributed by atoms with E-state index in [0.29, 0.717) is 47.3 Å². The van der Waals surface area contributed by atoms with E-state index >= 15 is 0 Å². The molecule has 5 rings (SSSR count). The molecule has 0 spiro atoms. The molecule has 2 aromatic heterocycles. The van der Waals surface area contributed by atoms with Crippen LogP contribution >= 0.6 is 0 Å². The van der Waals surface area contributed by atoms with Crippen molar-refractivity contribution in [2.45, 2.75) is 20.8 Å². The Morgan fingerprint density at radius 1 is 1.00 bits per heavy atom. The summed E-state index contributed by atoms with van der Waals surface area (Å²) < 4.78 is 13.4. The lowest BCUT2D eigenvalue weighted by Crippen LogP contribution is -2.16. The third-order valence-electron chi connectivity index (χ3n) is 5.72. The first-order valence-corrected chi connectivity index (χ1v) is 11.0. The lowest BCUT2D eigenvalue weighted by atomic mass is 10.1. The SMILES string of the molecule is Cc1cc(=O)[nH]c(-c2cccc(NC(=O)c3cc(C)n(-c4ccc5c(c4)OCCO5)c3C)c2)n1. The Morgan fingerprint density at radius 2 is 1.79 bits per heavy atom. The number of fused-ring (bicyclic) bond motifs is 1. The molecule has 0 saturated carbocycles. The van der Waals surface area contributed by atoms with Crippen molar-refractivity contribution in [2.24, 2.45) is 0 Å². The Morgan fingerprint density at radius 3 is 2.59 bits per heavy atom. The van der Waals surface area contributed by atoms with Crippen LogP contribution in [0, 0.1) is 20.8 Å². The molecule has 0 radical (unpaired) electrons. The molecule has 8 heteroatoms. The first kappa shape index (κ1) is 21.5. The Hall–Kier alpha value is -4.33. The summed E-state index contributed by atoms with van der Waals surface area (Å²) in [6.07, 6.45) is 0. The molecule has 0 aliphatic carbocycles. The van der Waals surface area contributed by atoms with Crippen molar-refractivity contribution in [3.63, 3.8) is 0 Å². The van der Waals surface area contributed by atoms with Crippen LogP contribution in [-0.2, 0) is 0 Å². The van der Waals surface area contributed by atoms with Gasteiger partial charge >= 0.3 is 0 Å². The average molecular weight is 457 g/mol. The number of H-pyrrole nitrogens is 1. The molecule has 34 heavy (non-hydrogen) atoms. The predicted octanol–water partition coefficient (Wildman–Crippen LogP) is 4.18. The molecular formula is C26H24N4O4. The summed E-state index contributed by atoms with van der Waals surface area (Å²) in [5.74, 6) is 1.65. The van der Waals surface area contributed by atoms with Gasteiger partial charge in [-0.2, -0.15) is 0 Å². The standard InChI is InChI=1S/C26H24N4O4/c1-15-11-24(31)29-25(27-15)18-5-4-6-19(13-18)28-26(32)21-12-16(2)30(17(21)3)20-7-8-22-23(14-20)34-10-9-33-22/h4-8,11-14H,9-10H2,1-3H3,(H,28,32)(H,27,29,31). The maximum Gasteiger partial charge on any atom is 0.257 e. The zero-order valence-electron chi connectivity index (χ0n) is 19.1. The lowest BCUT2D eigenvalue weighted by molar-refractivity contribution is 0.102. The minimum Gasteiger partial charge on any atom is -0.486 e. The number of hydrogen-bond acceptors (Lipinski definition) is 5. The van der Waals surface area contributed by atoms with Crippen LogP contribution in [0.4, 0.5) is 5.69 Å². The molecule has 8 nitrogen and oxygen atoms in total. The number of aromatic nitrogens is 3. The minimum atomic E-state index is -0.222. The topological polar surface area (TPSA) is 98.2 Å². The van der Waals surface area contributed by atoms with Crippen molar-refractivity contribution in [3.05, 3.63) is 87.6 Å². The van der Waals surface area contributed by atoms with E-state index in [9.17, 15) is 9.59 Å². The van der Waals surface area contributed by atoms with Gasteiger partial charge in [0.05, 0.1) is 5.56 Å². The number of amides is 1. The van der Waals surface area contributed by atoms with E-state index in [0.717, 1.165) is 22.8 Å². The normalized spacial score (nSPS) is 12.4. The zero-order chi connectivity index (χ0) is 23.8. The number of nitrogens with one attached hydrogen (secondary N) is 2. The number of aryl methyl sites for hydroxylation is 2. The largest absolute Gasteiger partial charge is 0.486 e. The van der Waals surface area contributed by atoms with Gasteiger partial charge in [0, 0.05) is 46.2 Å². The molecule has 4 aromatic rings. The van der Waals surface area contributed by atoms with Crippen molar-refractivity contribution in [3.8, 4) is 28.6 Å². The Balaban J connectivity index is 1.43. The highest BCUT2D eigenvalue weighted by Gasteiger charge is 2.19. The Labute approximate surface area is 196 Å². The van der Waals surface area contributed by atoms with Crippen LogP contribution in [0.1, 0.15) is 27.4 Å². The molecule has 1 aliphatic rings. The van der Waals surface area contributed by atoms with Crippen LogP contribution in [0.15, 0.2) is 59.4 Å². The summed E-state index contributed by atoms with van der Waals surface area (Å²) in [5, 5.41) is 2.96. The van der Waals surface area contributed by atoms with Crippen LogP contribution in [0.25, 0.3) is 17.1 Å². The van der Waals surface area contributed by atoms with E-state index in [1.165, 1.54) is 6.07 Å². The highest BCUT2D eigenvalue weighted by molar-refractivity contribution is 6.05. The van der Waals surface area contributed by atoms with E-state index in [-0.39, 0.29) is 11.5 Å². The maximum absolute atomic E-state index is 13.2. The second-order valence-corrected chi connectivity index (χ2v) is 8.22. The molecule has 0 unspecified atom stereocenters. The fraction of sp³-hybridized carbons (Fsp3) is 0.192. The number of benzene rings is 2. The van der Waals surface area contributed by atoms with E-state index < -0.39 is 0 Å². The highest BCUT2D eigenvalue weighted by Crippen LogP contribution is 2.33. The maximum atomic E-state index is 13.2. The number of nitrogens with zero attached hydrogens (tertiary/aromatic N) is 2. The summed E-state index contributed by atoms with van der Waals surface area (Å²) >= 11 is 0. The van der Waals surface area contributed by atoms with Crippen LogP contribution in [0.2, 0.25) is 0 Å². The third kappa shape index (κ3) is 4.05. The second kappa shape index (κ2) is 8.55. The second-order valence-electron chi connectivity index (χ2n) is 8.22. The van der Waals surface area contributed by atoms with Crippen molar-refractivity contribution < 1.29 is 14.3 Å². The molecular weight excluding hydrogens is 432 g/mol. The molecule has 0 atom stereocenters. The fourth-order valence-electron chi connectivity index (χ4n) is 4.22. The van der Waals surface area contributed by atoms with E-state index in [1.54, 1.807) is 19.1 Å². The van der Waals surface area contributed by atoms with Gasteiger partial charge in [0.1, 0.15) is 19.0 Å². The van der Waals surface area contributed by atoms with Gasteiger partial charge in [-0.15, -0.1) is 0 Å². The predicted molar refractivity (Wildman–Crippen MR) is 129 cm³/mol. The number of carbonyl (C=O) groups excluding carboxylic acids is 1. The van der Waals surface area contributed by atoms with Crippen molar-refractivity contribution in [1.29, 1.82) is 0 Å². The number of rotatable bonds is 4. The van der Waals surface area contributed by atoms with E-state index in [1.807, 2.05) is 54.8 Å². The summed E-state index contributed by atoms with van der Waals surface area (Å²) in [4.78, 5) is 32.1. The average Bonchev–Trinajstić information content (AvgIpc) is 3.12. The van der Waals surface area contributed by atoms with Gasteiger partial charge in [0.15, 0.2) is 11.5 Å². The zero-order valence-corrected chi connectivity index (χ0v) is 19.1. The summed E-state index contributed by atoms with van der Waals surface area (Å²) in [6, 6.07) is 16.3. The first-order valence-electron chi connectivity index (χ1n) is 11.0. The van der Waals surface area contributed by atoms with Gasteiger partial charge in [-0.3, -0.25) is 9.59 Å². The van der Waals surface area contributed by atoms with E-state index in [4.69, 9.17) is 9.47 Å². The van der Waals surface area contributed by atoms with Crippen molar-refractivity contribution in [1.82, 2.24) is 14.5 Å². The number of carbonyl (C=O) groups is 1. The highest BCUT2D eigenvalue weighted by atomic mass is 16.6. The van der Waals surface area contributed by atoms with Crippen LogP contribution in [0.3, 0.4) is 0 Å². The molecule has 0 fully saturated rings. The van der Waals surface area contributed by atoms with Gasteiger partial charge in [0.25, 0.3) is 11.5 Å². The number of ether oxygens (including phenoxy) is 2. The molecule has 2 N–H and O–H groups in total. The van der Waals surface area contributed by atoms with E-state index in [2.05, 4.69) is 15.3 Å². The van der Waals surface area contributed by atoms with Crippen molar-refractivity contribution >= 4 is 11.6 Å². The van der Waals surface area contributed by atoms with Crippen LogP contribution in [0.5, 0.6) is 11.5 Å². The lowest BCUT2D eigenvalue weighted by Gasteiger charge is -2.20. The fourth-order valence-corrected chi connectivity index (χ4v) is 4.22. The van der Waals surface area contributed by atoms with Gasteiger partial charge in [-0.05, 0) is 51.1 Å². The monoisotopic (exact) mass is 456 g/mol. The molecule has 2 aromatic carbocycles. The van der Waals surface area contributed by atoms with Gasteiger partial charge in [-0.25, -0.2) is 4.98 Å². The molecule has 3 heterocycles. The molecule has 1 aliphatic heterocycles. The number of anilines is 1. The smallest absolute Gasteiger partial charge is 0.257 e. The number of aromatic amines is 1. The minimum absolute atomic E-state index is 0.219. The molecule has 0 saturated heterocycles.